The van der Waals surface area contributed by atoms with Crippen molar-refractivity contribution in [2.24, 2.45) is 0 Å². The molecule has 194 valence electrons. The Balaban J connectivity index is 1.50. The number of rotatable bonds is 3. The number of benzene rings is 6. The average molecular weight is 553 g/mol. The second kappa shape index (κ2) is 9.46. The van der Waals surface area contributed by atoms with Crippen LogP contribution < -0.4 is 0 Å². The van der Waals surface area contributed by atoms with Crippen LogP contribution in [0.25, 0.3) is 75.5 Å². The molecule has 4 heteroatoms. The van der Waals surface area contributed by atoms with Crippen molar-refractivity contribution in [2.45, 2.75) is 0 Å². The highest BCUT2D eigenvalue weighted by Gasteiger charge is 2.21. The zero-order chi connectivity index (χ0) is 28.2. The highest BCUT2D eigenvalue weighted by Crippen LogP contribution is 2.45. The van der Waals surface area contributed by atoms with Crippen molar-refractivity contribution < 1.29 is 4.42 Å². The van der Waals surface area contributed by atoms with Crippen LogP contribution in [0.3, 0.4) is 0 Å². The Labute approximate surface area is 245 Å². The Morgan fingerprint density at radius 2 is 1.24 bits per heavy atom. The van der Waals surface area contributed by atoms with Crippen LogP contribution in [0, 0.1) is 22.7 Å². The minimum Gasteiger partial charge on any atom is -0.455 e. The SMILES string of the molecule is N#Cc1cccc(-c2cc(-c3cccc4sc5ccccc5c34)cc(-c3cccc4c3oc3ccccc34)c2C#N)c1. The minimum absolute atomic E-state index is 0.546. The molecule has 0 fully saturated rings. The van der Waals surface area contributed by atoms with E-state index in [0.717, 1.165) is 55.3 Å². The van der Waals surface area contributed by atoms with Gasteiger partial charge in [0, 0.05) is 47.6 Å². The van der Waals surface area contributed by atoms with E-state index in [1.165, 1.54) is 20.2 Å². The van der Waals surface area contributed by atoms with Crippen LogP contribution in [-0.4, -0.2) is 0 Å². The molecular weight excluding hydrogens is 532 g/mol. The Morgan fingerprint density at radius 1 is 0.524 bits per heavy atom. The fraction of sp³-hybridized carbons (Fsp3) is 0. The lowest BCUT2D eigenvalue weighted by atomic mass is 9.86. The quantitative estimate of drug-likeness (QED) is 0.219. The van der Waals surface area contributed by atoms with E-state index in [1.807, 2.05) is 48.5 Å². The first kappa shape index (κ1) is 24.1. The van der Waals surface area contributed by atoms with E-state index in [0.29, 0.717) is 11.1 Å². The van der Waals surface area contributed by atoms with E-state index in [2.05, 4.69) is 78.9 Å². The molecule has 0 N–H and O–H groups in total. The summed E-state index contributed by atoms with van der Waals surface area (Å²) in [5.41, 5.74) is 8.04. The maximum absolute atomic E-state index is 10.7. The molecule has 42 heavy (non-hydrogen) atoms. The minimum atomic E-state index is 0.546. The largest absolute Gasteiger partial charge is 0.455 e. The van der Waals surface area contributed by atoms with Gasteiger partial charge >= 0.3 is 0 Å². The standard InChI is InChI=1S/C38H20N2OS/c39-21-23-8-5-9-24(18-23)31-19-25(26-12-7-17-36-37(26)30-11-2-4-16-35(30)42-36)20-32(33(31)22-40)29-14-6-13-28-27-10-1-3-15-34(27)41-38(28)29/h1-20H. The topological polar surface area (TPSA) is 60.7 Å². The fourth-order valence-corrected chi connectivity index (χ4v) is 7.22. The van der Waals surface area contributed by atoms with Crippen LogP contribution in [0.2, 0.25) is 0 Å². The molecule has 8 rings (SSSR count). The number of nitrogens with zero attached hydrogens (tertiary/aromatic N) is 2. The van der Waals surface area contributed by atoms with Gasteiger partial charge in [0.2, 0.25) is 0 Å². The Hall–Kier alpha value is -5.68. The Morgan fingerprint density at radius 3 is 2.12 bits per heavy atom. The van der Waals surface area contributed by atoms with Gasteiger partial charge in [0.25, 0.3) is 0 Å². The summed E-state index contributed by atoms with van der Waals surface area (Å²) in [7, 11) is 0. The summed E-state index contributed by atoms with van der Waals surface area (Å²) in [5.74, 6) is 0. The molecule has 0 unspecified atom stereocenters. The number of hydrogen-bond donors (Lipinski definition) is 0. The number of nitriles is 2. The van der Waals surface area contributed by atoms with E-state index in [9.17, 15) is 10.5 Å². The highest BCUT2D eigenvalue weighted by molar-refractivity contribution is 7.25. The van der Waals surface area contributed by atoms with Crippen LogP contribution in [0.4, 0.5) is 0 Å². The van der Waals surface area contributed by atoms with Crippen molar-refractivity contribution in [1.29, 1.82) is 10.5 Å². The monoisotopic (exact) mass is 552 g/mol. The van der Waals surface area contributed by atoms with Crippen molar-refractivity contribution in [3.05, 3.63) is 132 Å². The predicted octanol–water partition coefficient (Wildman–Crippen LogP) is 10.7. The molecule has 0 saturated heterocycles. The van der Waals surface area contributed by atoms with Gasteiger partial charge in [0.1, 0.15) is 17.2 Å². The van der Waals surface area contributed by atoms with Gasteiger partial charge < -0.3 is 4.42 Å². The molecular formula is C38H20N2OS. The Bertz CT molecular complexity index is 2450. The molecule has 3 nitrogen and oxygen atoms in total. The van der Waals surface area contributed by atoms with Gasteiger partial charge in [0.05, 0.1) is 17.2 Å². The molecule has 2 heterocycles. The molecule has 2 aromatic heterocycles. The molecule has 0 aliphatic heterocycles. The third-order valence-corrected chi connectivity index (χ3v) is 9.10. The van der Waals surface area contributed by atoms with Gasteiger partial charge in [-0.1, -0.05) is 78.9 Å². The van der Waals surface area contributed by atoms with Gasteiger partial charge in [0.15, 0.2) is 0 Å². The first-order chi connectivity index (χ1) is 20.7. The molecule has 0 atom stereocenters. The van der Waals surface area contributed by atoms with Crippen molar-refractivity contribution in [3.63, 3.8) is 0 Å². The summed E-state index contributed by atoms with van der Waals surface area (Å²) >= 11 is 1.79. The lowest BCUT2D eigenvalue weighted by Gasteiger charge is -2.15. The van der Waals surface area contributed by atoms with E-state index >= 15 is 0 Å². The number of thiophene rings is 1. The van der Waals surface area contributed by atoms with Crippen molar-refractivity contribution in [1.82, 2.24) is 0 Å². The molecule has 0 bridgehead atoms. The van der Waals surface area contributed by atoms with Crippen LogP contribution in [0.15, 0.2) is 126 Å². The van der Waals surface area contributed by atoms with Crippen molar-refractivity contribution in [3.8, 4) is 45.5 Å². The first-order valence-corrected chi connectivity index (χ1v) is 14.4. The van der Waals surface area contributed by atoms with E-state index < -0.39 is 0 Å². The highest BCUT2D eigenvalue weighted by atomic mass is 32.1. The maximum atomic E-state index is 10.7. The Kier molecular flexibility index (Phi) is 5.44. The number of para-hydroxylation sites is 2. The summed E-state index contributed by atoms with van der Waals surface area (Å²) in [6, 6.07) is 45.5. The van der Waals surface area contributed by atoms with Crippen LogP contribution in [-0.2, 0) is 0 Å². The molecule has 0 spiro atoms. The van der Waals surface area contributed by atoms with Gasteiger partial charge in [-0.05, 0) is 59.2 Å². The van der Waals surface area contributed by atoms with Gasteiger partial charge in [-0.15, -0.1) is 11.3 Å². The average Bonchev–Trinajstić information content (AvgIpc) is 3.63. The lowest BCUT2D eigenvalue weighted by molar-refractivity contribution is 0.670. The summed E-state index contributed by atoms with van der Waals surface area (Å²) in [6.07, 6.45) is 0. The molecule has 0 saturated carbocycles. The molecule has 0 aliphatic carbocycles. The van der Waals surface area contributed by atoms with E-state index in [4.69, 9.17) is 4.42 Å². The van der Waals surface area contributed by atoms with E-state index in [1.54, 1.807) is 17.4 Å². The lowest BCUT2D eigenvalue weighted by Crippen LogP contribution is -1.94. The second-order valence-corrected chi connectivity index (χ2v) is 11.4. The fourth-order valence-electron chi connectivity index (χ4n) is 6.09. The zero-order valence-corrected chi connectivity index (χ0v) is 23.1. The summed E-state index contributed by atoms with van der Waals surface area (Å²) in [4.78, 5) is 0. The van der Waals surface area contributed by atoms with Gasteiger partial charge in [-0.2, -0.15) is 10.5 Å². The number of fused-ring (bicyclic) bond motifs is 6. The summed E-state index contributed by atoms with van der Waals surface area (Å²) < 4.78 is 8.88. The smallest absolute Gasteiger partial charge is 0.143 e. The predicted molar refractivity (Wildman–Crippen MR) is 172 cm³/mol. The summed E-state index contributed by atoms with van der Waals surface area (Å²) in [6.45, 7) is 0. The molecule has 0 aliphatic rings. The van der Waals surface area contributed by atoms with E-state index in [-0.39, 0.29) is 0 Å². The number of hydrogen-bond acceptors (Lipinski definition) is 4. The molecule has 8 aromatic rings. The maximum Gasteiger partial charge on any atom is 0.143 e. The number of furan rings is 1. The molecule has 0 radical (unpaired) electrons. The van der Waals surface area contributed by atoms with Crippen molar-refractivity contribution >= 4 is 53.4 Å². The van der Waals surface area contributed by atoms with Crippen LogP contribution in [0.1, 0.15) is 11.1 Å². The second-order valence-electron chi connectivity index (χ2n) is 10.3. The molecule has 6 aromatic carbocycles. The van der Waals surface area contributed by atoms with Crippen LogP contribution >= 0.6 is 11.3 Å². The third-order valence-electron chi connectivity index (χ3n) is 7.96. The zero-order valence-electron chi connectivity index (χ0n) is 22.3. The van der Waals surface area contributed by atoms with Crippen LogP contribution in [0.5, 0.6) is 0 Å². The summed E-state index contributed by atoms with van der Waals surface area (Å²) in [5, 5.41) is 24.8. The van der Waals surface area contributed by atoms with Gasteiger partial charge in [-0.3, -0.25) is 0 Å². The third kappa shape index (κ3) is 3.64. The normalized spacial score (nSPS) is 11.3. The first-order valence-electron chi connectivity index (χ1n) is 13.6. The van der Waals surface area contributed by atoms with Gasteiger partial charge in [-0.25, -0.2) is 0 Å². The molecule has 0 amide bonds. The van der Waals surface area contributed by atoms with Crippen molar-refractivity contribution in [2.75, 3.05) is 0 Å².